The van der Waals surface area contributed by atoms with Crippen molar-refractivity contribution in [3.63, 3.8) is 0 Å². The maximum atomic E-state index is 10.6. The van der Waals surface area contributed by atoms with Crippen LogP contribution in [0.5, 0.6) is 0 Å². The van der Waals surface area contributed by atoms with E-state index in [1.54, 1.807) is 0 Å². The van der Waals surface area contributed by atoms with Gasteiger partial charge in [-0.15, -0.1) is 11.3 Å². The van der Waals surface area contributed by atoms with Gasteiger partial charge in [0.25, 0.3) is 0 Å². The van der Waals surface area contributed by atoms with Gasteiger partial charge in [0.1, 0.15) is 0 Å². The standard InChI is InChI=1S/C9H9N3O2S/c1-4-8(15-5(2)10-4)6-3-7(9(13)14)12-11-6/h3H,1-2H3,(H,11,12)(H,13,14). The summed E-state index contributed by atoms with van der Waals surface area (Å²) in [6, 6.07) is 1.52. The molecule has 0 aliphatic heterocycles. The molecule has 2 aromatic rings. The Morgan fingerprint density at radius 2 is 2.27 bits per heavy atom. The van der Waals surface area contributed by atoms with E-state index in [9.17, 15) is 4.79 Å². The number of aryl methyl sites for hydroxylation is 2. The summed E-state index contributed by atoms with van der Waals surface area (Å²) in [6.45, 7) is 3.80. The molecule has 2 N–H and O–H groups in total. The summed E-state index contributed by atoms with van der Waals surface area (Å²) in [5, 5.41) is 16.1. The molecule has 0 amide bonds. The fraction of sp³-hybridized carbons (Fsp3) is 0.222. The van der Waals surface area contributed by atoms with Crippen molar-refractivity contribution in [2.24, 2.45) is 0 Å². The molecule has 0 saturated carbocycles. The highest BCUT2D eigenvalue weighted by Gasteiger charge is 2.13. The second-order valence-corrected chi connectivity index (χ2v) is 4.32. The van der Waals surface area contributed by atoms with Gasteiger partial charge in [-0.1, -0.05) is 0 Å². The minimum Gasteiger partial charge on any atom is -0.476 e. The molecule has 0 atom stereocenters. The van der Waals surface area contributed by atoms with Gasteiger partial charge >= 0.3 is 5.97 Å². The van der Waals surface area contributed by atoms with E-state index in [-0.39, 0.29) is 5.69 Å². The lowest BCUT2D eigenvalue weighted by Crippen LogP contribution is -1.95. The van der Waals surface area contributed by atoms with E-state index in [0.29, 0.717) is 5.69 Å². The topological polar surface area (TPSA) is 78.9 Å². The van der Waals surface area contributed by atoms with Crippen LogP contribution in [-0.2, 0) is 0 Å². The molecular weight excluding hydrogens is 214 g/mol. The van der Waals surface area contributed by atoms with Crippen molar-refractivity contribution in [1.82, 2.24) is 15.2 Å². The van der Waals surface area contributed by atoms with Crippen LogP contribution in [0.1, 0.15) is 21.2 Å². The molecule has 2 rings (SSSR count). The predicted molar refractivity (Wildman–Crippen MR) is 56.1 cm³/mol. The van der Waals surface area contributed by atoms with E-state index in [1.165, 1.54) is 17.4 Å². The smallest absolute Gasteiger partial charge is 0.356 e. The number of rotatable bonds is 2. The minimum absolute atomic E-state index is 0.0236. The first-order chi connectivity index (χ1) is 7.08. The van der Waals surface area contributed by atoms with Crippen molar-refractivity contribution in [2.75, 3.05) is 0 Å². The second kappa shape index (κ2) is 3.47. The zero-order valence-corrected chi connectivity index (χ0v) is 9.05. The molecule has 0 aliphatic carbocycles. The monoisotopic (exact) mass is 223 g/mol. The fourth-order valence-electron chi connectivity index (χ4n) is 1.33. The molecule has 5 nitrogen and oxygen atoms in total. The lowest BCUT2D eigenvalue weighted by Gasteiger charge is -1.90. The minimum atomic E-state index is -1.03. The van der Waals surface area contributed by atoms with Gasteiger partial charge in [-0.05, 0) is 19.9 Å². The quantitative estimate of drug-likeness (QED) is 0.814. The normalized spacial score (nSPS) is 10.5. The van der Waals surface area contributed by atoms with Crippen LogP contribution in [0, 0.1) is 13.8 Å². The third-order valence-electron chi connectivity index (χ3n) is 1.95. The number of nitrogens with zero attached hydrogens (tertiary/aromatic N) is 2. The van der Waals surface area contributed by atoms with Gasteiger partial charge in [0.15, 0.2) is 5.69 Å². The Balaban J connectivity index is 2.45. The lowest BCUT2D eigenvalue weighted by molar-refractivity contribution is 0.0690. The third-order valence-corrected chi connectivity index (χ3v) is 3.05. The summed E-state index contributed by atoms with van der Waals surface area (Å²) in [5.74, 6) is -1.03. The van der Waals surface area contributed by atoms with Crippen molar-refractivity contribution >= 4 is 17.3 Å². The Kier molecular flexibility index (Phi) is 2.28. The van der Waals surface area contributed by atoms with E-state index in [4.69, 9.17) is 5.11 Å². The molecule has 0 bridgehead atoms. The van der Waals surface area contributed by atoms with Crippen LogP contribution >= 0.6 is 11.3 Å². The van der Waals surface area contributed by atoms with Gasteiger partial charge in [0.2, 0.25) is 0 Å². The van der Waals surface area contributed by atoms with E-state index in [0.717, 1.165) is 15.6 Å². The van der Waals surface area contributed by atoms with Crippen LogP contribution in [0.25, 0.3) is 10.6 Å². The number of nitrogens with one attached hydrogen (secondary N) is 1. The van der Waals surface area contributed by atoms with Crippen LogP contribution in [0.4, 0.5) is 0 Å². The Morgan fingerprint density at radius 3 is 2.73 bits per heavy atom. The zero-order valence-electron chi connectivity index (χ0n) is 8.24. The number of hydrogen-bond acceptors (Lipinski definition) is 4. The van der Waals surface area contributed by atoms with Crippen LogP contribution in [0.2, 0.25) is 0 Å². The molecule has 0 aromatic carbocycles. The molecule has 0 saturated heterocycles. The van der Waals surface area contributed by atoms with E-state index in [1.807, 2.05) is 13.8 Å². The lowest BCUT2D eigenvalue weighted by atomic mass is 10.3. The summed E-state index contributed by atoms with van der Waals surface area (Å²) >= 11 is 1.52. The van der Waals surface area contributed by atoms with Gasteiger partial charge in [0.05, 0.1) is 21.3 Å². The molecule has 6 heteroatoms. The molecule has 0 radical (unpaired) electrons. The average Bonchev–Trinajstić information content (AvgIpc) is 2.71. The van der Waals surface area contributed by atoms with E-state index >= 15 is 0 Å². The predicted octanol–water partition coefficient (Wildman–Crippen LogP) is 1.85. The maximum Gasteiger partial charge on any atom is 0.356 e. The molecule has 0 spiro atoms. The van der Waals surface area contributed by atoms with E-state index < -0.39 is 5.97 Å². The number of carboxylic acid groups (broad SMARTS) is 1. The number of aromatic nitrogens is 3. The molecule has 0 aliphatic rings. The number of hydrogen-bond donors (Lipinski definition) is 2. The molecule has 2 aromatic heterocycles. The van der Waals surface area contributed by atoms with Gasteiger partial charge in [-0.2, -0.15) is 5.10 Å². The summed E-state index contributed by atoms with van der Waals surface area (Å²) in [7, 11) is 0. The Labute approximate surface area is 89.8 Å². The van der Waals surface area contributed by atoms with Crippen molar-refractivity contribution in [3.8, 4) is 10.6 Å². The summed E-state index contributed by atoms with van der Waals surface area (Å²) < 4.78 is 0. The molecule has 0 fully saturated rings. The highest BCUT2D eigenvalue weighted by Crippen LogP contribution is 2.28. The number of carboxylic acids is 1. The summed E-state index contributed by atoms with van der Waals surface area (Å²) in [4.78, 5) is 15.8. The molecular formula is C9H9N3O2S. The van der Waals surface area contributed by atoms with Crippen LogP contribution in [0.15, 0.2) is 6.07 Å². The van der Waals surface area contributed by atoms with Crippen molar-refractivity contribution in [3.05, 3.63) is 22.5 Å². The largest absolute Gasteiger partial charge is 0.476 e. The van der Waals surface area contributed by atoms with Gasteiger partial charge in [0, 0.05) is 0 Å². The van der Waals surface area contributed by atoms with Crippen LogP contribution < -0.4 is 0 Å². The Morgan fingerprint density at radius 1 is 1.53 bits per heavy atom. The number of thiazole rings is 1. The van der Waals surface area contributed by atoms with Crippen molar-refractivity contribution < 1.29 is 9.90 Å². The van der Waals surface area contributed by atoms with Crippen LogP contribution in [-0.4, -0.2) is 26.3 Å². The van der Waals surface area contributed by atoms with Gasteiger partial charge in [-0.3, -0.25) is 5.10 Å². The zero-order chi connectivity index (χ0) is 11.0. The maximum absolute atomic E-state index is 10.6. The molecule has 0 unspecified atom stereocenters. The first kappa shape index (κ1) is 9.85. The molecule has 78 valence electrons. The highest BCUT2D eigenvalue weighted by molar-refractivity contribution is 7.15. The first-order valence-corrected chi connectivity index (χ1v) is 5.12. The van der Waals surface area contributed by atoms with Gasteiger partial charge < -0.3 is 5.11 Å². The van der Waals surface area contributed by atoms with Gasteiger partial charge in [-0.25, -0.2) is 9.78 Å². The first-order valence-electron chi connectivity index (χ1n) is 4.31. The Hall–Kier alpha value is -1.69. The van der Waals surface area contributed by atoms with Crippen molar-refractivity contribution in [2.45, 2.75) is 13.8 Å². The van der Waals surface area contributed by atoms with E-state index in [2.05, 4.69) is 15.2 Å². The van der Waals surface area contributed by atoms with Crippen molar-refractivity contribution in [1.29, 1.82) is 0 Å². The molecule has 15 heavy (non-hydrogen) atoms. The number of H-pyrrole nitrogens is 1. The summed E-state index contributed by atoms with van der Waals surface area (Å²) in [5.41, 5.74) is 1.61. The number of aromatic amines is 1. The third kappa shape index (κ3) is 1.75. The number of aromatic carboxylic acids is 1. The average molecular weight is 223 g/mol. The summed E-state index contributed by atoms with van der Waals surface area (Å²) in [6.07, 6.45) is 0. The fourth-order valence-corrected chi connectivity index (χ4v) is 2.21. The SMILES string of the molecule is Cc1nc(C)c(-c2cc(C(=O)O)n[nH]2)s1. The Bertz CT molecular complexity index is 515. The molecule has 2 heterocycles. The highest BCUT2D eigenvalue weighted by atomic mass is 32.1. The second-order valence-electron chi connectivity index (χ2n) is 3.12. The number of carbonyl (C=O) groups is 1. The van der Waals surface area contributed by atoms with Crippen LogP contribution in [0.3, 0.4) is 0 Å².